The van der Waals surface area contributed by atoms with E-state index in [1.54, 1.807) is 6.07 Å². The Labute approximate surface area is 109 Å². The minimum atomic E-state index is -0.409. The van der Waals surface area contributed by atoms with E-state index in [1.165, 1.54) is 18.5 Å². The van der Waals surface area contributed by atoms with Crippen LogP contribution in [0.5, 0.6) is 0 Å². The summed E-state index contributed by atoms with van der Waals surface area (Å²) >= 11 is 0. The molecule has 0 bridgehead atoms. The molecular formula is C13H12N4O2. The van der Waals surface area contributed by atoms with Gasteiger partial charge < -0.3 is 5.32 Å². The number of nitrogens with zero attached hydrogens (tertiary/aromatic N) is 3. The van der Waals surface area contributed by atoms with E-state index in [-0.39, 0.29) is 5.69 Å². The number of fused-ring (bicyclic) bond motifs is 1. The van der Waals surface area contributed by atoms with Gasteiger partial charge >= 0.3 is 0 Å². The largest absolute Gasteiger partial charge is 0.366 e. The lowest BCUT2D eigenvalue weighted by Crippen LogP contribution is -2.16. The first-order valence-electron chi connectivity index (χ1n) is 6.05. The summed E-state index contributed by atoms with van der Waals surface area (Å²) in [5, 5.41) is 14.8. The second-order valence-corrected chi connectivity index (χ2v) is 4.46. The van der Waals surface area contributed by atoms with Gasteiger partial charge in [0, 0.05) is 23.6 Å². The van der Waals surface area contributed by atoms with Gasteiger partial charge in [0.2, 0.25) is 0 Å². The third-order valence-corrected chi connectivity index (χ3v) is 3.18. The third kappa shape index (κ3) is 2.24. The van der Waals surface area contributed by atoms with Crippen molar-refractivity contribution < 1.29 is 4.92 Å². The summed E-state index contributed by atoms with van der Waals surface area (Å²) in [5.41, 5.74) is 0.754. The molecule has 0 saturated heterocycles. The molecule has 1 aliphatic rings. The first kappa shape index (κ1) is 11.6. The van der Waals surface area contributed by atoms with Crippen molar-refractivity contribution in [3.05, 3.63) is 46.8 Å². The van der Waals surface area contributed by atoms with Crippen LogP contribution in [0.15, 0.2) is 36.7 Å². The summed E-state index contributed by atoms with van der Waals surface area (Å²) in [6.45, 7) is 0. The Bertz CT molecular complexity index is 661. The van der Waals surface area contributed by atoms with Crippen LogP contribution in [0, 0.1) is 10.1 Å². The highest BCUT2D eigenvalue weighted by atomic mass is 16.6. The molecule has 0 radical (unpaired) electrons. The molecule has 0 aliphatic heterocycles. The highest BCUT2D eigenvalue weighted by Gasteiger charge is 2.14. The van der Waals surface area contributed by atoms with Crippen LogP contribution in [0.3, 0.4) is 0 Å². The van der Waals surface area contributed by atoms with Crippen LogP contribution < -0.4 is 5.32 Å². The molecular weight excluding hydrogens is 244 g/mol. The van der Waals surface area contributed by atoms with E-state index < -0.39 is 4.92 Å². The summed E-state index contributed by atoms with van der Waals surface area (Å²) in [5.74, 6) is 0.655. The summed E-state index contributed by atoms with van der Waals surface area (Å²) in [4.78, 5) is 18.8. The number of rotatable bonds is 3. The first-order valence-corrected chi connectivity index (χ1v) is 6.05. The lowest BCUT2D eigenvalue weighted by Gasteiger charge is -2.13. The van der Waals surface area contributed by atoms with Crippen LogP contribution in [0.1, 0.15) is 12.8 Å². The number of benzene rings is 1. The number of hydrogen-bond donors (Lipinski definition) is 1. The van der Waals surface area contributed by atoms with E-state index in [2.05, 4.69) is 27.4 Å². The van der Waals surface area contributed by atoms with Crippen molar-refractivity contribution in [2.75, 3.05) is 5.32 Å². The molecule has 6 nitrogen and oxygen atoms in total. The van der Waals surface area contributed by atoms with E-state index in [4.69, 9.17) is 0 Å². The molecule has 2 aromatic rings. The second kappa shape index (κ2) is 4.64. The fourth-order valence-corrected chi connectivity index (χ4v) is 2.20. The van der Waals surface area contributed by atoms with Crippen LogP contribution in [-0.4, -0.2) is 20.9 Å². The topological polar surface area (TPSA) is 81.0 Å². The average molecular weight is 256 g/mol. The van der Waals surface area contributed by atoms with Crippen LogP contribution in [0.2, 0.25) is 0 Å². The number of nitrogens with one attached hydrogen (secondary N) is 1. The summed E-state index contributed by atoms with van der Waals surface area (Å²) in [6, 6.07) is 4.92. The van der Waals surface area contributed by atoms with Gasteiger partial charge in [0.1, 0.15) is 12.1 Å². The van der Waals surface area contributed by atoms with Crippen molar-refractivity contribution in [1.29, 1.82) is 0 Å². The third-order valence-electron chi connectivity index (χ3n) is 3.18. The monoisotopic (exact) mass is 256 g/mol. The molecule has 0 spiro atoms. The molecule has 3 rings (SSSR count). The summed E-state index contributed by atoms with van der Waals surface area (Å²) < 4.78 is 0. The van der Waals surface area contributed by atoms with Crippen molar-refractivity contribution in [2.24, 2.45) is 0 Å². The van der Waals surface area contributed by atoms with Crippen LogP contribution in [0.25, 0.3) is 10.9 Å². The quantitative estimate of drug-likeness (QED) is 0.518. The van der Waals surface area contributed by atoms with Crippen LogP contribution in [-0.2, 0) is 0 Å². The first-order chi connectivity index (χ1) is 9.24. The molecule has 1 aliphatic carbocycles. The zero-order valence-corrected chi connectivity index (χ0v) is 10.1. The van der Waals surface area contributed by atoms with E-state index in [0.717, 1.165) is 12.8 Å². The Morgan fingerprint density at radius 2 is 2.05 bits per heavy atom. The Balaban J connectivity index is 2.02. The fourth-order valence-electron chi connectivity index (χ4n) is 2.20. The molecule has 6 heteroatoms. The number of hydrogen-bond acceptors (Lipinski definition) is 5. The lowest BCUT2D eigenvalue weighted by atomic mass is 10.2. The predicted molar refractivity (Wildman–Crippen MR) is 72.0 cm³/mol. The normalized spacial score (nSPS) is 14.9. The maximum Gasteiger partial charge on any atom is 0.270 e. The van der Waals surface area contributed by atoms with Gasteiger partial charge in [0.25, 0.3) is 5.69 Å². The molecule has 1 heterocycles. The van der Waals surface area contributed by atoms with Gasteiger partial charge in [-0.3, -0.25) is 10.1 Å². The summed E-state index contributed by atoms with van der Waals surface area (Å²) in [6.07, 6.45) is 7.59. The molecule has 0 amide bonds. The second-order valence-electron chi connectivity index (χ2n) is 4.46. The van der Waals surface area contributed by atoms with Crippen molar-refractivity contribution in [3.63, 3.8) is 0 Å². The van der Waals surface area contributed by atoms with E-state index in [1.807, 2.05) is 0 Å². The number of aromatic nitrogens is 2. The lowest BCUT2D eigenvalue weighted by molar-refractivity contribution is -0.384. The predicted octanol–water partition coefficient (Wildman–Crippen LogP) is 2.67. The molecule has 0 fully saturated rings. The van der Waals surface area contributed by atoms with Gasteiger partial charge in [0.15, 0.2) is 0 Å². The molecule has 19 heavy (non-hydrogen) atoms. The molecule has 0 saturated carbocycles. The van der Waals surface area contributed by atoms with Crippen LogP contribution in [0.4, 0.5) is 11.5 Å². The van der Waals surface area contributed by atoms with Gasteiger partial charge in [-0.25, -0.2) is 9.97 Å². The van der Waals surface area contributed by atoms with Crippen LogP contribution >= 0.6 is 0 Å². The Morgan fingerprint density at radius 1 is 1.26 bits per heavy atom. The number of nitro groups is 1. The minimum Gasteiger partial charge on any atom is -0.366 e. The number of non-ortho nitro benzene ring substituents is 1. The Kier molecular flexibility index (Phi) is 2.83. The van der Waals surface area contributed by atoms with Crippen molar-refractivity contribution in [1.82, 2.24) is 9.97 Å². The maximum absolute atomic E-state index is 10.8. The Hall–Kier alpha value is -2.50. The minimum absolute atomic E-state index is 0.0508. The molecule has 0 atom stereocenters. The van der Waals surface area contributed by atoms with Gasteiger partial charge in [-0.1, -0.05) is 12.2 Å². The SMILES string of the molecule is O=[N+]([O-])c1ccc2ncnc(NC3CC=CC3)c2c1. The van der Waals surface area contributed by atoms with E-state index in [9.17, 15) is 10.1 Å². The zero-order chi connectivity index (χ0) is 13.2. The smallest absolute Gasteiger partial charge is 0.270 e. The van der Waals surface area contributed by atoms with E-state index >= 15 is 0 Å². The zero-order valence-electron chi connectivity index (χ0n) is 10.1. The number of nitro benzene ring substituents is 1. The molecule has 1 aromatic carbocycles. The average Bonchev–Trinajstić information content (AvgIpc) is 2.91. The van der Waals surface area contributed by atoms with Gasteiger partial charge in [-0.15, -0.1) is 0 Å². The summed E-state index contributed by atoms with van der Waals surface area (Å²) in [7, 11) is 0. The van der Waals surface area contributed by atoms with Crippen molar-refractivity contribution in [2.45, 2.75) is 18.9 Å². The highest BCUT2D eigenvalue weighted by Crippen LogP contribution is 2.26. The molecule has 1 N–H and O–H groups in total. The Morgan fingerprint density at radius 3 is 2.79 bits per heavy atom. The van der Waals surface area contributed by atoms with Crippen molar-refractivity contribution >= 4 is 22.4 Å². The van der Waals surface area contributed by atoms with Gasteiger partial charge in [-0.2, -0.15) is 0 Å². The molecule has 1 aromatic heterocycles. The molecule has 0 unspecified atom stereocenters. The van der Waals surface area contributed by atoms with E-state index in [0.29, 0.717) is 22.8 Å². The number of anilines is 1. The van der Waals surface area contributed by atoms with Gasteiger partial charge in [0.05, 0.1) is 10.4 Å². The van der Waals surface area contributed by atoms with Crippen molar-refractivity contribution in [3.8, 4) is 0 Å². The standard InChI is InChI=1S/C13H12N4O2/c18-17(19)10-5-6-12-11(7-10)13(15-8-14-12)16-9-3-1-2-4-9/h1-2,5-9H,3-4H2,(H,14,15,16). The highest BCUT2D eigenvalue weighted by molar-refractivity contribution is 5.90. The van der Waals surface area contributed by atoms with Gasteiger partial charge in [-0.05, 0) is 18.9 Å². The maximum atomic E-state index is 10.8. The molecule has 96 valence electrons. The fraction of sp³-hybridized carbons (Fsp3) is 0.231.